The normalized spacial score (nSPS) is 27.4. The van der Waals surface area contributed by atoms with Crippen LogP contribution in [0.2, 0.25) is 0 Å². The summed E-state index contributed by atoms with van der Waals surface area (Å²) in [5.41, 5.74) is 0.524. The van der Waals surface area contributed by atoms with Crippen molar-refractivity contribution in [2.45, 2.75) is 45.4 Å². The van der Waals surface area contributed by atoms with Crippen molar-refractivity contribution in [2.24, 2.45) is 5.92 Å². The smallest absolute Gasteiger partial charge is 0.249 e. The topological polar surface area (TPSA) is 38.3 Å². The zero-order valence-electron chi connectivity index (χ0n) is 11.8. The minimum Gasteiger partial charge on any atom is -0.365 e. The Bertz CT molecular complexity index is 507. The largest absolute Gasteiger partial charge is 0.365 e. The van der Waals surface area contributed by atoms with Crippen molar-refractivity contribution in [2.75, 3.05) is 0 Å². The molecule has 0 radical (unpaired) electrons. The molecule has 0 aromatic heterocycles. The van der Waals surface area contributed by atoms with Crippen molar-refractivity contribution in [1.82, 2.24) is 5.32 Å². The molecule has 0 spiro atoms. The maximum atomic E-state index is 13.2. The first-order chi connectivity index (χ1) is 9.38. The van der Waals surface area contributed by atoms with Crippen molar-refractivity contribution in [3.63, 3.8) is 0 Å². The van der Waals surface area contributed by atoms with Gasteiger partial charge in [0.05, 0.1) is 12.1 Å². The summed E-state index contributed by atoms with van der Waals surface area (Å²) in [6, 6.07) is 3.22. The Morgan fingerprint density at radius 2 is 2.05 bits per heavy atom. The summed E-state index contributed by atoms with van der Waals surface area (Å²) in [7, 11) is 0. The van der Waals surface area contributed by atoms with E-state index in [0.717, 1.165) is 18.6 Å². The maximum Gasteiger partial charge on any atom is 0.249 e. The van der Waals surface area contributed by atoms with E-state index in [0.29, 0.717) is 5.56 Å². The van der Waals surface area contributed by atoms with Gasteiger partial charge in [-0.1, -0.05) is 13.0 Å². The van der Waals surface area contributed by atoms with Crippen LogP contribution in [-0.2, 0) is 9.53 Å². The Balaban J connectivity index is 2.02. The van der Waals surface area contributed by atoms with Gasteiger partial charge in [-0.05, 0) is 43.9 Å². The number of halogens is 2. The van der Waals surface area contributed by atoms with E-state index in [1.807, 2.05) is 13.8 Å². The lowest BCUT2D eigenvalue weighted by atomic mass is 10.0. The van der Waals surface area contributed by atoms with Crippen LogP contribution in [0.25, 0.3) is 0 Å². The number of ether oxygens (including phenoxy) is 1. The van der Waals surface area contributed by atoms with Gasteiger partial charge < -0.3 is 10.1 Å². The molecular formula is C15H19F2NO2. The minimum absolute atomic E-state index is 0.0688. The van der Waals surface area contributed by atoms with E-state index in [1.54, 1.807) is 6.92 Å². The fourth-order valence-corrected chi connectivity index (χ4v) is 2.57. The molecule has 1 fully saturated rings. The van der Waals surface area contributed by atoms with E-state index in [4.69, 9.17) is 4.74 Å². The molecule has 1 saturated heterocycles. The number of carbonyl (C=O) groups excluding carboxylic acids is 1. The highest BCUT2D eigenvalue weighted by atomic mass is 19.2. The lowest BCUT2D eigenvalue weighted by Crippen LogP contribution is -2.38. The fraction of sp³-hybridized carbons (Fsp3) is 0.533. The number of benzene rings is 1. The highest BCUT2D eigenvalue weighted by Gasteiger charge is 2.35. The molecule has 20 heavy (non-hydrogen) atoms. The van der Waals surface area contributed by atoms with Gasteiger partial charge in [-0.25, -0.2) is 8.78 Å². The van der Waals surface area contributed by atoms with Crippen LogP contribution in [0, 0.1) is 17.6 Å². The van der Waals surface area contributed by atoms with Gasteiger partial charge in [-0.15, -0.1) is 0 Å². The summed E-state index contributed by atoms with van der Waals surface area (Å²) in [6.07, 6.45) is 0.439. The van der Waals surface area contributed by atoms with E-state index in [9.17, 15) is 13.6 Å². The summed E-state index contributed by atoms with van der Waals surface area (Å²) in [4.78, 5) is 12.1. The van der Waals surface area contributed by atoms with Crippen LogP contribution < -0.4 is 5.32 Å². The van der Waals surface area contributed by atoms with Gasteiger partial charge in [0, 0.05) is 0 Å². The Kier molecular flexibility index (Phi) is 4.38. The first kappa shape index (κ1) is 14.9. The summed E-state index contributed by atoms with van der Waals surface area (Å²) in [5.74, 6) is -1.86. The average molecular weight is 283 g/mol. The Morgan fingerprint density at radius 1 is 1.35 bits per heavy atom. The van der Waals surface area contributed by atoms with Gasteiger partial charge in [0.25, 0.3) is 0 Å². The molecule has 1 aliphatic rings. The SMILES string of the molecule is C[C@@H]1C[C@H](C)[C@H](C(=O)N[C@@H](C)c2ccc(F)c(F)c2)O1. The molecule has 1 aliphatic heterocycles. The van der Waals surface area contributed by atoms with Crippen LogP contribution in [0.4, 0.5) is 8.78 Å². The van der Waals surface area contributed by atoms with Crippen LogP contribution in [0.5, 0.6) is 0 Å². The Morgan fingerprint density at radius 3 is 2.60 bits per heavy atom. The third kappa shape index (κ3) is 3.15. The van der Waals surface area contributed by atoms with Crippen LogP contribution in [-0.4, -0.2) is 18.1 Å². The van der Waals surface area contributed by atoms with Gasteiger partial charge in [0.1, 0.15) is 6.10 Å². The second-order valence-corrected chi connectivity index (χ2v) is 5.48. The first-order valence-corrected chi connectivity index (χ1v) is 6.79. The van der Waals surface area contributed by atoms with Gasteiger partial charge >= 0.3 is 0 Å². The predicted octanol–water partition coefficient (Wildman–Crippen LogP) is 2.96. The molecule has 1 aromatic rings. The number of nitrogens with one attached hydrogen (secondary N) is 1. The van der Waals surface area contributed by atoms with E-state index < -0.39 is 23.8 Å². The molecule has 5 heteroatoms. The van der Waals surface area contributed by atoms with E-state index in [-0.39, 0.29) is 17.9 Å². The van der Waals surface area contributed by atoms with Gasteiger partial charge in [-0.3, -0.25) is 4.79 Å². The zero-order chi connectivity index (χ0) is 14.9. The second-order valence-electron chi connectivity index (χ2n) is 5.48. The monoisotopic (exact) mass is 283 g/mol. The van der Waals surface area contributed by atoms with E-state index in [1.165, 1.54) is 6.07 Å². The third-order valence-corrected chi connectivity index (χ3v) is 3.66. The molecule has 0 unspecified atom stereocenters. The van der Waals surface area contributed by atoms with Crippen molar-refractivity contribution in [3.8, 4) is 0 Å². The van der Waals surface area contributed by atoms with Gasteiger partial charge in [0.15, 0.2) is 11.6 Å². The molecule has 1 N–H and O–H groups in total. The highest BCUT2D eigenvalue weighted by molar-refractivity contribution is 5.81. The molecule has 0 saturated carbocycles. The zero-order valence-corrected chi connectivity index (χ0v) is 11.8. The van der Waals surface area contributed by atoms with Crippen molar-refractivity contribution < 1.29 is 18.3 Å². The lowest BCUT2D eigenvalue weighted by Gasteiger charge is -2.19. The van der Waals surface area contributed by atoms with Gasteiger partial charge in [-0.2, -0.15) is 0 Å². The quantitative estimate of drug-likeness (QED) is 0.926. The Labute approximate surface area is 117 Å². The molecule has 1 aromatic carbocycles. The molecule has 3 nitrogen and oxygen atoms in total. The molecule has 2 rings (SSSR count). The molecular weight excluding hydrogens is 264 g/mol. The number of hydrogen-bond donors (Lipinski definition) is 1. The minimum atomic E-state index is -0.914. The van der Waals surface area contributed by atoms with Crippen LogP contribution in [0.1, 0.15) is 38.8 Å². The molecule has 1 amide bonds. The fourth-order valence-electron chi connectivity index (χ4n) is 2.57. The average Bonchev–Trinajstić information content (AvgIpc) is 2.71. The second kappa shape index (κ2) is 5.87. The first-order valence-electron chi connectivity index (χ1n) is 6.79. The molecule has 110 valence electrons. The van der Waals surface area contributed by atoms with Crippen LogP contribution in [0.15, 0.2) is 18.2 Å². The number of amides is 1. The molecule has 0 aliphatic carbocycles. The van der Waals surface area contributed by atoms with Crippen molar-refractivity contribution in [3.05, 3.63) is 35.4 Å². The summed E-state index contributed by atoms with van der Waals surface area (Å²) >= 11 is 0. The highest BCUT2D eigenvalue weighted by Crippen LogP contribution is 2.26. The van der Waals surface area contributed by atoms with E-state index >= 15 is 0 Å². The Hall–Kier alpha value is -1.49. The van der Waals surface area contributed by atoms with Crippen LogP contribution >= 0.6 is 0 Å². The van der Waals surface area contributed by atoms with Crippen molar-refractivity contribution in [1.29, 1.82) is 0 Å². The van der Waals surface area contributed by atoms with Gasteiger partial charge in [0.2, 0.25) is 5.91 Å². The maximum absolute atomic E-state index is 13.2. The number of carbonyl (C=O) groups is 1. The predicted molar refractivity (Wildman–Crippen MR) is 71.0 cm³/mol. The van der Waals surface area contributed by atoms with E-state index in [2.05, 4.69) is 5.32 Å². The molecule has 0 bridgehead atoms. The number of rotatable bonds is 3. The lowest BCUT2D eigenvalue weighted by molar-refractivity contribution is -0.133. The summed E-state index contributed by atoms with van der Waals surface area (Å²) in [5, 5.41) is 2.78. The third-order valence-electron chi connectivity index (χ3n) is 3.66. The summed E-state index contributed by atoms with van der Waals surface area (Å²) < 4.78 is 31.6. The van der Waals surface area contributed by atoms with Crippen LogP contribution in [0.3, 0.4) is 0 Å². The standard InChI is InChI=1S/C15H19F2NO2/c1-8-6-9(2)20-14(8)15(19)18-10(3)11-4-5-12(16)13(17)7-11/h4-5,7-10,14H,6H2,1-3H3,(H,18,19)/t8-,9+,10-,14+/m0/s1. The van der Waals surface area contributed by atoms with Crippen molar-refractivity contribution >= 4 is 5.91 Å². The molecule has 1 heterocycles. The molecule has 4 atom stereocenters. The number of hydrogen-bond acceptors (Lipinski definition) is 2. The summed E-state index contributed by atoms with van der Waals surface area (Å²) in [6.45, 7) is 5.63.